The third kappa shape index (κ3) is 6.01. The van der Waals surface area contributed by atoms with E-state index in [2.05, 4.69) is 63.5 Å². The van der Waals surface area contributed by atoms with E-state index in [4.69, 9.17) is 0 Å². The highest BCUT2D eigenvalue weighted by atomic mass is 127. The molecule has 2 fully saturated rings. The first-order valence-corrected chi connectivity index (χ1v) is 9.72. The molecule has 0 aromatic heterocycles. The molecule has 1 aromatic carbocycles. The number of halogens is 1. The van der Waals surface area contributed by atoms with Crippen LogP contribution in [0, 0.1) is 6.92 Å². The van der Waals surface area contributed by atoms with Gasteiger partial charge in [-0.3, -0.25) is 9.89 Å². The molecule has 1 unspecified atom stereocenters. The molecule has 1 saturated heterocycles. The van der Waals surface area contributed by atoms with Crippen molar-refractivity contribution in [2.75, 3.05) is 44.7 Å². The molecule has 1 aliphatic heterocycles. The van der Waals surface area contributed by atoms with E-state index in [1.165, 1.54) is 24.1 Å². The monoisotopic (exact) mass is 471 g/mol. The number of aryl methyl sites for hydroxylation is 1. The first-order chi connectivity index (χ1) is 12.2. The van der Waals surface area contributed by atoms with Gasteiger partial charge in [-0.05, 0) is 44.9 Å². The standard InChI is InChI=1S/C20H33N5.HI/c1-4-24(18-9-10-18)14-12-22-20(21-3)23-17-11-13-25(15-17)19-7-5-16(2)6-8-19;/h5-8,17-18H,4,9-15H2,1-3H3,(H2,21,22,23);1H. The van der Waals surface area contributed by atoms with Crippen LogP contribution in [0.2, 0.25) is 0 Å². The lowest BCUT2D eigenvalue weighted by molar-refractivity contribution is 0.282. The predicted octanol–water partition coefficient (Wildman–Crippen LogP) is 2.84. The molecule has 1 heterocycles. The fourth-order valence-corrected chi connectivity index (χ4v) is 3.61. The zero-order valence-corrected chi connectivity index (χ0v) is 18.7. The fraction of sp³-hybridized carbons (Fsp3) is 0.650. The van der Waals surface area contributed by atoms with Crippen LogP contribution in [-0.2, 0) is 0 Å². The third-order valence-electron chi connectivity index (χ3n) is 5.31. The summed E-state index contributed by atoms with van der Waals surface area (Å²) in [5, 5.41) is 7.08. The van der Waals surface area contributed by atoms with E-state index >= 15 is 0 Å². The van der Waals surface area contributed by atoms with Crippen LogP contribution in [0.15, 0.2) is 29.3 Å². The molecule has 2 aliphatic rings. The number of likely N-dealkylation sites (N-methyl/N-ethyl adjacent to an activating group) is 1. The molecule has 26 heavy (non-hydrogen) atoms. The predicted molar refractivity (Wildman–Crippen MR) is 122 cm³/mol. The number of nitrogens with one attached hydrogen (secondary N) is 2. The number of hydrogen-bond donors (Lipinski definition) is 2. The van der Waals surface area contributed by atoms with E-state index in [9.17, 15) is 0 Å². The molecule has 5 nitrogen and oxygen atoms in total. The SMILES string of the molecule is CCN(CCNC(=NC)NC1CCN(c2ccc(C)cc2)C1)C1CC1.I. The minimum atomic E-state index is 0. The van der Waals surface area contributed by atoms with Gasteiger partial charge in [0.15, 0.2) is 5.96 Å². The summed E-state index contributed by atoms with van der Waals surface area (Å²) < 4.78 is 0. The van der Waals surface area contributed by atoms with Crippen LogP contribution in [0.1, 0.15) is 31.7 Å². The van der Waals surface area contributed by atoms with Gasteiger partial charge in [0.1, 0.15) is 0 Å². The van der Waals surface area contributed by atoms with Crippen LogP contribution in [0.25, 0.3) is 0 Å². The summed E-state index contributed by atoms with van der Waals surface area (Å²) in [6.45, 7) is 9.73. The Bertz CT molecular complexity index is 570. The number of hydrogen-bond acceptors (Lipinski definition) is 3. The van der Waals surface area contributed by atoms with E-state index in [0.717, 1.165) is 51.1 Å². The number of guanidine groups is 1. The maximum Gasteiger partial charge on any atom is 0.191 e. The minimum Gasteiger partial charge on any atom is -0.369 e. The molecule has 0 radical (unpaired) electrons. The Morgan fingerprint density at radius 2 is 1.96 bits per heavy atom. The van der Waals surface area contributed by atoms with E-state index in [0.29, 0.717) is 6.04 Å². The molecular formula is C20H34IN5. The van der Waals surface area contributed by atoms with Crippen molar-refractivity contribution in [2.24, 2.45) is 4.99 Å². The van der Waals surface area contributed by atoms with Crippen LogP contribution >= 0.6 is 24.0 Å². The summed E-state index contributed by atoms with van der Waals surface area (Å²) in [5.74, 6) is 0.933. The molecule has 1 saturated carbocycles. The fourth-order valence-electron chi connectivity index (χ4n) is 3.61. The van der Waals surface area contributed by atoms with Crippen LogP contribution in [0.4, 0.5) is 5.69 Å². The van der Waals surface area contributed by atoms with Gasteiger partial charge in [0.2, 0.25) is 0 Å². The molecule has 1 atom stereocenters. The summed E-state index contributed by atoms with van der Waals surface area (Å²) >= 11 is 0. The largest absolute Gasteiger partial charge is 0.369 e. The van der Waals surface area contributed by atoms with Crippen LogP contribution < -0.4 is 15.5 Å². The average Bonchev–Trinajstić information content (AvgIpc) is 3.37. The van der Waals surface area contributed by atoms with E-state index in [1.54, 1.807) is 0 Å². The Morgan fingerprint density at radius 3 is 2.58 bits per heavy atom. The van der Waals surface area contributed by atoms with Gasteiger partial charge in [-0.25, -0.2) is 0 Å². The van der Waals surface area contributed by atoms with Gasteiger partial charge in [-0.15, -0.1) is 24.0 Å². The summed E-state index contributed by atoms with van der Waals surface area (Å²) in [4.78, 5) is 9.42. The van der Waals surface area contributed by atoms with Gasteiger partial charge in [0, 0.05) is 51.0 Å². The van der Waals surface area contributed by atoms with Crippen LogP contribution in [0.3, 0.4) is 0 Å². The second-order valence-electron chi connectivity index (χ2n) is 7.27. The molecule has 0 spiro atoms. The summed E-state index contributed by atoms with van der Waals surface area (Å²) in [5.41, 5.74) is 2.63. The molecule has 0 amide bonds. The third-order valence-corrected chi connectivity index (χ3v) is 5.31. The van der Waals surface area contributed by atoms with Gasteiger partial charge < -0.3 is 15.5 Å². The first kappa shape index (κ1) is 21.3. The van der Waals surface area contributed by atoms with Crippen molar-refractivity contribution in [1.82, 2.24) is 15.5 Å². The average molecular weight is 471 g/mol. The van der Waals surface area contributed by atoms with E-state index in [1.807, 2.05) is 7.05 Å². The Balaban J connectivity index is 0.00000243. The van der Waals surface area contributed by atoms with E-state index < -0.39 is 0 Å². The first-order valence-electron chi connectivity index (χ1n) is 9.72. The number of nitrogens with zero attached hydrogens (tertiary/aromatic N) is 3. The van der Waals surface area contributed by atoms with Crippen LogP contribution in [0.5, 0.6) is 0 Å². The van der Waals surface area contributed by atoms with Crippen molar-refractivity contribution in [2.45, 2.75) is 45.2 Å². The van der Waals surface area contributed by atoms with Crippen molar-refractivity contribution in [3.63, 3.8) is 0 Å². The quantitative estimate of drug-likeness (QED) is 0.365. The zero-order valence-electron chi connectivity index (χ0n) is 16.4. The summed E-state index contributed by atoms with van der Waals surface area (Å²) in [7, 11) is 1.86. The second kappa shape index (κ2) is 10.3. The lowest BCUT2D eigenvalue weighted by Crippen LogP contribution is -2.46. The second-order valence-corrected chi connectivity index (χ2v) is 7.27. The Kier molecular flexibility index (Phi) is 8.47. The van der Waals surface area contributed by atoms with Gasteiger partial charge in [0.25, 0.3) is 0 Å². The van der Waals surface area contributed by atoms with Gasteiger partial charge in [0.05, 0.1) is 0 Å². The van der Waals surface area contributed by atoms with Gasteiger partial charge >= 0.3 is 0 Å². The summed E-state index contributed by atoms with van der Waals surface area (Å²) in [6, 6.07) is 10.1. The zero-order chi connectivity index (χ0) is 17.6. The van der Waals surface area contributed by atoms with Gasteiger partial charge in [-0.2, -0.15) is 0 Å². The molecule has 0 bridgehead atoms. The Hall–Kier alpha value is -1.02. The normalized spacial score (nSPS) is 20.2. The minimum absolute atomic E-state index is 0. The molecular weight excluding hydrogens is 437 g/mol. The van der Waals surface area contributed by atoms with Crippen LogP contribution in [-0.4, -0.2) is 62.7 Å². The van der Waals surface area contributed by atoms with Gasteiger partial charge in [-0.1, -0.05) is 24.6 Å². The topological polar surface area (TPSA) is 42.9 Å². The lowest BCUT2D eigenvalue weighted by Gasteiger charge is -2.22. The molecule has 1 aliphatic carbocycles. The highest BCUT2D eigenvalue weighted by Crippen LogP contribution is 2.25. The molecule has 1 aromatic rings. The van der Waals surface area contributed by atoms with Crippen molar-refractivity contribution < 1.29 is 0 Å². The highest BCUT2D eigenvalue weighted by molar-refractivity contribution is 14.0. The molecule has 3 rings (SSSR count). The highest BCUT2D eigenvalue weighted by Gasteiger charge is 2.27. The smallest absolute Gasteiger partial charge is 0.191 e. The Labute approximate surface area is 175 Å². The molecule has 6 heteroatoms. The maximum absolute atomic E-state index is 4.40. The molecule has 146 valence electrons. The summed E-state index contributed by atoms with van der Waals surface area (Å²) in [6.07, 6.45) is 3.90. The lowest BCUT2D eigenvalue weighted by atomic mass is 10.2. The number of anilines is 1. The van der Waals surface area contributed by atoms with Crippen molar-refractivity contribution in [3.05, 3.63) is 29.8 Å². The maximum atomic E-state index is 4.40. The number of aliphatic imine (C=N–C) groups is 1. The number of rotatable bonds is 7. The van der Waals surface area contributed by atoms with Crippen molar-refractivity contribution in [3.8, 4) is 0 Å². The Morgan fingerprint density at radius 1 is 1.23 bits per heavy atom. The number of benzene rings is 1. The molecule has 2 N–H and O–H groups in total. The van der Waals surface area contributed by atoms with Crippen molar-refractivity contribution >= 4 is 35.6 Å². The van der Waals surface area contributed by atoms with Crippen molar-refractivity contribution in [1.29, 1.82) is 0 Å². The van der Waals surface area contributed by atoms with E-state index in [-0.39, 0.29) is 24.0 Å².